The summed E-state index contributed by atoms with van der Waals surface area (Å²) in [6, 6.07) is 0. The Morgan fingerprint density at radius 3 is 0.212 bits per heavy atom. The van der Waals surface area contributed by atoms with Crippen molar-refractivity contribution in [2.45, 2.75) is 52.0 Å². The van der Waals surface area contributed by atoms with Crippen molar-refractivity contribution in [3.63, 3.8) is 0 Å². The summed E-state index contributed by atoms with van der Waals surface area (Å²) in [6.07, 6.45) is 0. The van der Waals surface area contributed by atoms with Gasteiger partial charge >= 0.3 is 154 Å². The fourth-order valence-corrected chi connectivity index (χ4v) is 0. The molecular weight excluding hydrogens is 2030 g/mol. The standard InChI is InChI=1S/7CH4.5FH.2HI.3K.3H3N.18H2S.10V.4Y.14H2.3H/h7*1H4;7*1H;;;;3*1H3;18*1H2;;;;;;;;;;;;;;;14*1H;;;/q;;;;;;;;;;;;;;3*+1;;;;;;;;;;;;;;;;;;;;;;;;;;;;;;;;;;;;;;;;;;;;;;;;;;3*-1/i;;;;;;;;;;;;;;;;;;;;;;;;;;;;;;;;;;;;;;;;;;;;;;;;;;;;10*1+2;4*1+1;;;. The van der Waals surface area contributed by atoms with Crippen molar-refractivity contribution in [1.29, 1.82) is 0 Å². The molecule has 0 aliphatic rings. The van der Waals surface area contributed by atoms with Crippen LogP contribution in [0.2, 0.25) is 0 Å². The number of rotatable bonds is 0. The van der Waals surface area contributed by atoms with E-state index in [-0.39, 0.29) is 880 Å². The van der Waals surface area contributed by atoms with Crippen LogP contribution in [0.15, 0.2) is 0 Å². The van der Waals surface area contributed by atoms with Crippen LogP contribution in [0, 0.1) is 0 Å². The van der Waals surface area contributed by atoms with E-state index in [1.807, 2.05) is 0 Å². The first-order chi connectivity index (χ1) is 0. The van der Waals surface area contributed by atoms with Gasteiger partial charge in [0.25, 0.3) is 0 Å². The van der Waals surface area contributed by atoms with Gasteiger partial charge in [0.05, 0.1) is 0 Å². The maximum atomic E-state index is 0. The van der Waals surface area contributed by atoms with E-state index in [9.17, 15) is 0 Å². The number of hydrogen-bond donors (Lipinski definition) is 3. The van der Waals surface area contributed by atoms with Crippen LogP contribution in [0.1, 0.15) is 76.2 Å². The van der Waals surface area contributed by atoms with Crippen LogP contribution in [0.3, 0.4) is 0 Å². The Kier molecular flexibility index (Phi) is 11700. The average Bonchev–Trinajstić information content (AvgIpc) is 0. The van der Waals surface area contributed by atoms with E-state index < -0.39 is 0 Å². The van der Waals surface area contributed by atoms with Gasteiger partial charge < -0.3 is 22.7 Å². The quantitative estimate of drug-likeness (QED) is 0.196. The van der Waals surface area contributed by atoms with Crippen molar-refractivity contribution in [2.24, 2.45) is 0 Å². The van der Waals surface area contributed by atoms with Gasteiger partial charge in [0.15, 0.2) is 0 Å². The molecule has 45 heteroatoms. The Balaban J connectivity index is 0. The predicted octanol–water partition coefficient (Wildman–Crippen LogP) is 3.73. The first-order valence-electron chi connectivity index (χ1n) is 0. The van der Waals surface area contributed by atoms with Crippen LogP contribution >= 0.6 is 291 Å². The second-order valence-corrected chi connectivity index (χ2v) is 0. The minimum Gasteiger partial charge on any atom is -1.00 e. The third kappa shape index (κ3) is 734. The Bertz CT molecular complexity index is 193. The molecule has 0 aromatic rings. The van der Waals surface area contributed by atoms with Crippen molar-refractivity contribution in [1.82, 2.24) is 18.5 Å². The molecule has 0 heterocycles. The first kappa shape index (κ1) is 797. The first-order valence-corrected chi connectivity index (χ1v) is 0. The smallest absolute Gasteiger partial charge is 1.00 e. The second kappa shape index (κ2) is 765. The summed E-state index contributed by atoms with van der Waals surface area (Å²) in [5.74, 6) is 0. The Hall–Kier alpha value is 22.5. The molecule has 0 rings (SSSR count). The van der Waals surface area contributed by atoms with E-state index >= 15 is 0 Å². The molecule has 0 aliphatic carbocycles. The fourth-order valence-electron chi connectivity index (χ4n) is 0. The van der Waals surface area contributed by atoms with Gasteiger partial charge in [0.1, 0.15) is 0 Å². The van der Waals surface area contributed by atoms with Gasteiger partial charge in [-0.2, -0.15) is 243 Å². The minimum absolute atomic E-state index is 0. The molecule has 376 valence electrons. The van der Waals surface area contributed by atoms with Gasteiger partial charge in [-0.05, 0) is 0 Å². The normalized spacial score (nSPS) is 0. The molecule has 0 saturated heterocycles. The van der Waals surface area contributed by atoms with Crippen LogP contribution in [0.4, 0.5) is 23.5 Å². The van der Waals surface area contributed by atoms with Crippen molar-refractivity contribution < 1.29 is 518 Å². The largest absolute Gasteiger partial charge is 1.00 e. The zero-order valence-electron chi connectivity index (χ0n) is 26.8. The number of halogens is 7. The molecule has 0 fully saturated rings. The van der Waals surface area contributed by atoms with Crippen molar-refractivity contribution in [3.8, 4) is 0 Å². The summed E-state index contributed by atoms with van der Waals surface area (Å²) in [5.41, 5.74) is 0. The monoisotopic (exact) mass is 2170 g/mol. The van der Waals surface area contributed by atoms with Crippen LogP contribution < -0.4 is 173 Å². The molecule has 0 bridgehead atoms. The van der Waals surface area contributed by atoms with E-state index in [1.165, 1.54) is 0 Å². The topological polar surface area (TPSA) is 105 Å². The van der Waals surface area contributed by atoms with Gasteiger partial charge in [-0.15, -0.1) is 48.0 Å². The fraction of sp³-hybridized carbons (Fsp3) is 1.00. The molecule has 0 aromatic carbocycles. The predicted molar refractivity (Wildman–Crippen MR) is 325 cm³/mol. The molecule has 0 saturated carbocycles. The van der Waals surface area contributed by atoms with Crippen LogP contribution in [-0.2, 0) is 316 Å². The Labute approximate surface area is 856 Å². The van der Waals surface area contributed by atoms with Crippen molar-refractivity contribution >= 4 is 291 Å². The zero-order valence-corrected chi connectivity index (χ0v) is 81.1. The van der Waals surface area contributed by atoms with E-state index in [0.29, 0.717) is 0 Å². The summed E-state index contributed by atoms with van der Waals surface area (Å²) in [4.78, 5) is 0. The average molecular weight is 2170 g/mol. The van der Waals surface area contributed by atoms with Gasteiger partial charge in [-0.1, -0.05) is 52.0 Å². The zero-order chi connectivity index (χ0) is 0. The van der Waals surface area contributed by atoms with Crippen molar-refractivity contribution in [2.75, 3.05) is 0 Å². The van der Waals surface area contributed by atoms with Gasteiger partial charge in [-0.25, -0.2) is 0 Å². The maximum Gasteiger partial charge on any atom is 1.00 e. The number of hydrogen-bond acceptors (Lipinski definition) is 3. The minimum atomic E-state index is 0. The van der Waals surface area contributed by atoms with E-state index in [2.05, 4.69) is 0 Å². The molecule has 3 nitrogen and oxygen atoms in total. The Morgan fingerprint density at radius 1 is 0.212 bits per heavy atom. The molecule has 0 unspecified atom stereocenters. The molecule has 14 radical (unpaired) electrons. The second-order valence-electron chi connectivity index (χ2n) is 0. The summed E-state index contributed by atoms with van der Waals surface area (Å²) in [7, 11) is 0. The molecule has 52 heavy (non-hydrogen) atoms. The van der Waals surface area contributed by atoms with Gasteiger partial charge in [-0.3, -0.25) is 23.5 Å². The molecular formula is C7H111F5I2K3N3S18V10Y4. The summed E-state index contributed by atoms with van der Waals surface area (Å²) < 4.78 is 0. The SMILES string of the molecule is C.C.C.C.C.C.C.F.F.F.F.F.I.I.N.N.N.S.S.S.S.S.S.S.S.S.S.S.S.S.S.S.S.S.S.[2HH].[2HH].[2HH].[2HH].[3HH].[3HH].[3HH].[3HH].[3HH].[3HH].[3HH].[3HH].[3HH].[3HH].[H-].[H-].[H-].[K+].[K+].[K+].[V].[V].[V].[V].[V].[V].[V].[V].[V].[V].[Y].[Y].[Y].[Y]. The molecule has 0 aromatic heterocycles. The van der Waals surface area contributed by atoms with Gasteiger partial charge in [0, 0.05) is 336 Å². The summed E-state index contributed by atoms with van der Waals surface area (Å²) in [5, 5.41) is 0. The van der Waals surface area contributed by atoms with Crippen LogP contribution in [0.25, 0.3) is 0 Å². The van der Waals surface area contributed by atoms with Crippen LogP contribution in [0.5, 0.6) is 0 Å². The Morgan fingerprint density at radius 2 is 0.212 bits per heavy atom. The van der Waals surface area contributed by atoms with Crippen molar-refractivity contribution in [3.05, 3.63) is 0 Å². The molecule has 9 N–H and O–H groups in total. The molecule has 0 amide bonds. The van der Waals surface area contributed by atoms with Crippen LogP contribution in [-0.4, -0.2) is 0 Å². The van der Waals surface area contributed by atoms with E-state index in [1.54, 1.807) is 0 Å². The third-order valence-corrected chi connectivity index (χ3v) is 0. The third-order valence-electron chi connectivity index (χ3n) is 0. The molecule has 0 spiro atoms. The van der Waals surface area contributed by atoms with E-state index in [4.69, 9.17) is 0 Å². The molecule has 0 atom stereocenters. The maximum absolute atomic E-state index is 0. The van der Waals surface area contributed by atoms with Gasteiger partial charge in [0.2, 0.25) is 0 Å². The summed E-state index contributed by atoms with van der Waals surface area (Å²) in [6.45, 7) is 0. The van der Waals surface area contributed by atoms with E-state index in [0.717, 1.165) is 0 Å². The molecule has 0 aliphatic heterocycles. The summed E-state index contributed by atoms with van der Waals surface area (Å²) >= 11 is 0.